The number of nitrogens with zero attached hydrogens (tertiary/aromatic N) is 5. The van der Waals surface area contributed by atoms with Crippen molar-refractivity contribution in [1.82, 2.24) is 24.7 Å². The minimum absolute atomic E-state index is 0.346. The highest BCUT2D eigenvalue weighted by Crippen LogP contribution is 2.32. The molecular formula is C23H18FN7. The molecule has 0 aliphatic carbocycles. The number of anilines is 2. The summed E-state index contributed by atoms with van der Waals surface area (Å²) in [5.41, 5.74) is 9.91. The summed E-state index contributed by atoms with van der Waals surface area (Å²) in [6, 6.07) is 19.6. The summed E-state index contributed by atoms with van der Waals surface area (Å²) in [5.74, 6) is 0.391. The summed E-state index contributed by atoms with van der Waals surface area (Å²) in [6.07, 6.45) is 3.50. The van der Waals surface area contributed by atoms with Crippen molar-refractivity contribution in [1.29, 1.82) is 0 Å². The summed E-state index contributed by atoms with van der Waals surface area (Å²) in [4.78, 5) is 13.4. The maximum Gasteiger partial charge on any atom is 0.225 e. The van der Waals surface area contributed by atoms with Crippen molar-refractivity contribution in [2.45, 2.75) is 6.54 Å². The molecule has 0 spiro atoms. The highest BCUT2D eigenvalue weighted by molar-refractivity contribution is 5.99. The van der Waals surface area contributed by atoms with E-state index in [1.165, 1.54) is 16.8 Å². The Morgan fingerprint density at radius 3 is 2.61 bits per heavy atom. The lowest BCUT2D eigenvalue weighted by Gasteiger charge is -2.08. The molecule has 0 unspecified atom stereocenters. The number of rotatable bonds is 5. The molecule has 5 rings (SSSR count). The van der Waals surface area contributed by atoms with E-state index in [2.05, 4.69) is 20.4 Å². The lowest BCUT2D eigenvalue weighted by molar-refractivity contribution is 0.625. The maximum absolute atomic E-state index is 13.8. The predicted octanol–water partition coefficient (Wildman–Crippen LogP) is 4.21. The number of pyridine rings is 1. The molecule has 3 aromatic heterocycles. The summed E-state index contributed by atoms with van der Waals surface area (Å²) in [5, 5.41) is 8.39. The Balaban J connectivity index is 1.65. The third kappa shape index (κ3) is 3.66. The van der Waals surface area contributed by atoms with Crippen molar-refractivity contribution in [3.8, 4) is 16.9 Å². The largest absolute Gasteiger partial charge is 0.383 e. The zero-order chi connectivity index (χ0) is 21.2. The second-order valence-corrected chi connectivity index (χ2v) is 6.95. The number of halogens is 1. The van der Waals surface area contributed by atoms with Gasteiger partial charge in [0.15, 0.2) is 5.65 Å². The molecule has 0 amide bonds. The van der Waals surface area contributed by atoms with E-state index in [4.69, 9.17) is 10.7 Å². The highest BCUT2D eigenvalue weighted by atomic mass is 19.1. The summed E-state index contributed by atoms with van der Waals surface area (Å²) < 4.78 is 15.3. The molecule has 0 radical (unpaired) electrons. The van der Waals surface area contributed by atoms with Gasteiger partial charge in [0.25, 0.3) is 0 Å². The first-order valence-electron chi connectivity index (χ1n) is 9.69. The molecule has 5 aromatic rings. The van der Waals surface area contributed by atoms with Gasteiger partial charge in [0.2, 0.25) is 5.95 Å². The molecule has 2 aromatic carbocycles. The van der Waals surface area contributed by atoms with Crippen LogP contribution in [0.25, 0.3) is 28.0 Å². The molecule has 8 heteroatoms. The number of benzene rings is 2. The van der Waals surface area contributed by atoms with Crippen LogP contribution in [0.4, 0.5) is 16.2 Å². The van der Waals surface area contributed by atoms with Crippen LogP contribution < -0.4 is 11.1 Å². The number of nitrogens with one attached hydrogen (secondary N) is 1. The third-order valence-electron chi connectivity index (χ3n) is 4.84. The zero-order valence-corrected chi connectivity index (χ0v) is 16.4. The smallest absolute Gasteiger partial charge is 0.225 e. The van der Waals surface area contributed by atoms with Crippen LogP contribution in [0.3, 0.4) is 0 Å². The topological polar surface area (TPSA) is 94.5 Å². The first-order chi connectivity index (χ1) is 15.2. The van der Waals surface area contributed by atoms with Gasteiger partial charge in [0, 0.05) is 24.5 Å². The van der Waals surface area contributed by atoms with Gasteiger partial charge >= 0.3 is 0 Å². The van der Waals surface area contributed by atoms with Crippen LogP contribution in [0, 0.1) is 5.82 Å². The van der Waals surface area contributed by atoms with Crippen LogP contribution in [-0.4, -0.2) is 24.7 Å². The van der Waals surface area contributed by atoms with E-state index in [-0.39, 0.29) is 5.82 Å². The van der Waals surface area contributed by atoms with Crippen molar-refractivity contribution in [3.63, 3.8) is 0 Å². The quantitative estimate of drug-likeness (QED) is 0.450. The molecule has 0 fully saturated rings. The van der Waals surface area contributed by atoms with E-state index >= 15 is 0 Å². The zero-order valence-electron chi connectivity index (χ0n) is 16.4. The van der Waals surface area contributed by atoms with E-state index < -0.39 is 0 Å². The number of nitrogens with two attached hydrogens (primary N) is 1. The van der Waals surface area contributed by atoms with Gasteiger partial charge in [-0.15, -0.1) is 5.10 Å². The lowest BCUT2D eigenvalue weighted by atomic mass is 10.1. The number of aromatic nitrogens is 5. The van der Waals surface area contributed by atoms with Gasteiger partial charge in [-0.05, 0) is 29.8 Å². The molecular weight excluding hydrogens is 393 g/mol. The fourth-order valence-electron chi connectivity index (χ4n) is 3.38. The van der Waals surface area contributed by atoms with E-state index in [1.54, 1.807) is 24.5 Å². The summed E-state index contributed by atoms with van der Waals surface area (Å²) >= 11 is 0. The summed E-state index contributed by atoms with van der Waals surface area (Å²) in [7, 11) is 0. The molecule has 0 aliphatic heterocycles. The van der Waals surface area contributed by atoms with Crippen LogP contribution in [0.2, 0.25) is 0 Å². The van der Waals surface area contributed by atoms with Crippen molar-refractivity contribution in [2.24, 2.45) is 0 Å². The van der Waals surface area contributed by atoms with E-state index in [0.717, 1.165) is 11.1 Å². The predicted molar refractivity (Wildman–Crippen MR) is 118 cm³/mol. The first-order valence-corrected chi connectivity index (χ1v) is 9.69. The molecule has 0 saturated heterocycles. The fourth-order valence-corrected chi connectivity index (χ4v) is 3.38. The average molecular weight is 411 g/mol. The van der Waals surface area contributed by atoms with Gasteiger partial charge in [-0.1, -0.05) is 42.5 Å². The second-order valence-electron chi connectivity index (χ2n) is 6.95. The van der Waals surface area contributed by atoms with Crippen LogP contribution in [0.5, 0.6) is 0 Å². The Labute approximate surface area is 177 Å². The second kappa shape index (κ2) is 7.83. The standard InChI is InChI=1S/C23H18FN7/c24-17-9-4-10-18(12-17)31-21(25)19-20(16-7-2-1-3-8-16)28-23(29-22(19)30-31)27-14-15-6-5-11-26-13-15/h1-13H,14,25H2,(H,27,29,30). The van der Waals surface area contributed by atoms with Gasteiger partial charge in [-0.25, -0.2) is 14.1 Å². The third-order valence-corrected chi connectivity index (χ3v) is 4.84. The number of nitrogen functional groups attached to an aromatic ring is 1. The molecule has 3 N–H and O–H groups in total. The van der Waals surface area contributed by atoms with Crippen molar-refractivity contribution in [3.05, 3.63) is 90.5 Å². The lowest BCUT2D eigenvalue weighted by Crippen LogP contribution is -2.05. The Kier molecular flexibility index (Phi) is 4.72. The van der Waals surface area contributed by atoms with Crippen LogP contribution in [0.15, 0.2) is 79.1 Å². The molecule has 0 bridgehead atoms. The highest BCUT2D eigenvalue weighted by Gasteiger charge is 2.19. The Hall–Kier alpha value is -4.33. The molecule has 7 nitrogen and oxygen atoms in total. The minimum Gasteiger partial charge on any atom is -0.383 e. The molecule has 0 aliphatic rings. The molecule has 0 saturated carbocycles. The van der Waals surface area contributed by atoms with E-state index in [1.807, 2.05) is 42.5 Å². The molecule has 3 heterocycles. The average Bonchev–Trinajstić information content (AvgIpc) is 3.15. The van der Waals surface area contributed by atoms with Gasteiger partial charge in [-0.2, -0.15) is 4.98 Å². The van der Waals surface area contributed by atoms with Crippen LogP contribution >= 0.6 is 0 Å². The van der Waals surface area contributed by atoms with Crippen molar-refractivity contribution in [2.75, 3.05) is 11.1 Å². The minimum atomic E-state index is -0.371. The molecule has 31 heavy (non-hydrogen) atoms. The van der Waals surface area contributed by atoms with E-state index in [9.17, 15) is 4.39 Å². The van der Waals surface area contributed by atoms with Crippen LogP contribution in [0.1, 0.15) is 5.56 Å². The number of hydrogen-bond donors (Lipinski definition) is 2. The monoisotopic (exact) mass is 411 g/mol. The number of fused-ring (bicyclic) bond motifs is 1. The Morgan fingerprint density at radius 2 is 1.84 bits per heavy atom. The van der Waals surface area contributed by atoms with E-state index in [0.29, 0.717) is 40.7 Å². The Bertz CT molecular complexity index is 1350. The van der Waals surface area contributed by atoms with Crippen LogP contribution in [-0.2, 0) is 6.54 Å². The SMILES string of the molecule is Nc1c2c(-c3ccccc3)nc(NCc3cccnc3)nc2nn1-c1cccc(F)c1. The van der Waals surface area contributed by atoms with Gasteiger partial charge in [-0.3, -0.25) is 4.98 Å². The van der Waals surface area contributed by atoms with Gasteiger partial charge < -0.3 is 11.1 Å². The van der Waals surface area contributed by atoms with Crippen molar-refractivity contribution < 1.29 is 4.39 Å². The maximum atomic E-state index is 13.8. The number of hydrogen-bond acceptors (Lipinski definition) is 6. The first kappa shape index (κ1) is 18.7. The van der Waals surface area contributed by atoms with Crippen molar-refractivity contribution >= 4 is 22.8 Å². The molecule has 0 atom stereocenters. The molecule has 152 valence electrons. The summed E-state index contributed by atoms with van der Waals surface area (Å²) in [6.45, 7) is 0.508. The fraction of sp³-hybridized carbons (Fsp3) is 0.0435. The van der Waals surface area contributed by atoms with Gasteiger partial charge in [0.05, 0.1) is 16.8 Å². The normalized spacial score (nSPS) is 11.0. The Morgan fingerprint density at radius 1 is 0.968 bits per heavy atom. The van der Waals surface area contributed by atoms with Gasteiger partial charge in [0.1, 0.15) is 11.6 Å².